The number of benzene rings is 1. The van der Waals surface area contributed by atoms with E-state index in [0.717, 1.165) is 21.4 Å². The Morgan fingerprint density at radius 2 is 1.86 bits per heavy atom. The molecule has 1 aromatic carbocycles. The minimum atomic E-state index is -0.210. The summed E-state index contributed by atoms with van der Waals surface area (Å²) in [4.78, 5) is 13.7. The lowest BCUT2D eigenvalue weighted by molar-refractivity contribution is 0.102. The van der Waals surface area contributed by atoms with Crippen LogP contribution in [0.25, 0.3) is 0 Å². The van der Waals surface area contributed by atoms with Gasteiger partial charge in [-0.05, 0) is 68.8 Å². The maximum absolute atomic E-state index is 12.7. The number of carbonyl (C=O) groups is 1. The number of rotatable bonds is 5. The molecule has 0 aliphatic heterocycles. The predicted molar refractivity (Wildman–Crippen MR) is 111 cm³/mol. The fourth-order valence-corrected chi connectivity index (χ4v) is 3.49. The summed E-state index contributed by atoms with van der Waals surface area (Å²) in [6.45, 7) is 10.5. The van der Waals surface area contributed by atoms with Gasteiger partial charge in [0.15, 0.2) is 10.9 Å². The number of hydrogen-bond donors (Lipinski definition) is 1. The van der Waals surface area contributed by atoms with E-state index in [2.05, 4.69) is 55.2 Å². The molecule has 0 unspecified atom stereocenters. The molecule has 0 aliphatic carbocycles. The third-order valence-corrected chi connectivity index (χ3v) is 5.25. The lowest BCUT2D eigenvalue weighted by Gasteiger charge is -2.23. The normalized spacial score (nSPS) is 11.8. The fraction of sp³-hybridized carbons (Fsp3) is 0.400. The molecule has 8 heteroatoms. The highest BCUT2D eigenvalue weighted by atomic mass is 32.2. The summed E-state index contributed by atoms with van der Waals surface area (Å²) in [6, 6.07) is 9.52. The molecule has 148 valence electrons. The standard InChI is InChI=1S/C20H26N6OS/c1-13(2)17-11-16(24-26(17)20(3,4)5)18(27)22-14-7-9-15(10-8-14)28-19-23-21-12-25(19)6/h7-13H,1-6H3,(H,22,27). The highest BCUT2D eigenvalue weighted by Gasteiger charge is 2.23. The van der Waals surface area contributed by atoms with Gasteiger partial charge >= 0.3 is 0 Å². The van der Waals surface area contributed by atoms with Gasteiger partial charge in [-0.2, -0.15) is 5.10 Å². The number of nitrogens with one attached hydrogen (secondary N) is 1. The third kappa shape index (κ3) is 4.44. The van der Waals surface area contributed by atoms with Crippen molar-refractivity contribution in [2.75, 3.05) is 5.32 Å². The van der Waals surface area contributed by atoms with Crippen LogP contribution in [0.4, 0.5) is 5.69 Å². The first-order valence-corrected chi connectivity index (χ1v) is 10.0. The monoisotopic (exact) mass is 398 g/mol. The SMILES string of the molecule is CC(C)c1cc(C(=O)Nc2ccc(Sc3nncn3C)cc2)nn1C(C)(C)C. The molecular formula is C20H26N6OS. The topological polar surface area (TPSA) is 77.6 Å². The summed E-state index contributed by atoms with van der Waals surface area (Å²) in [6.07, 6.45) is 1.67. The van der Waals surface area contributed by atoms with E-state index in [0.29, 0.717) is 5.69 Å². The zero-order chi connectivity index (χ0) is 20.5. The van der Waals surface area contributed by atoms with E-state index in [9.17, 15) is 4.79 Å². The highest BCUT2D eigenvalue weighted by Crippen LogP contribution is 2.27. The Labute approximate surface area is 169 Å². The molecule has 3 rings (SSSR count). The van der Waals surface area contributed by atoms with Crippen LogP contribution >= 0.6 is 11.8 Å². The van der Waals surface area contributed by atoms with E-state index >= 15 is 0 Å². The average molecular weight is 399 g/mol. The second kappa shape index (κ2) is 7.79. The van der Waals surface area contributed by atoms with E-state index in [1.54, 1.807) is 6.33 Å². The predicted octanol–water partition coefficient (Wildman–Crippen LogP) is 4.29. The van der Waals surface area contributed by atoms with Crippen molar-refractivity contribution in [1.82, 2.24) is 24.5 Å². The van der Waals surface area contributed by atoms with Gasteiger partial charge in [0, 0.05) is 23.3 Å². The first-order chi connectivity index (χ1) is 13.1. The van der Waals surface area contributed by atoms with Crippen molar-refractivity contribution in [3.63, 3.8) is 0 Å². The lowest BCUT2D eigenvalue weighted by Crippen LogP contribution is -2.26. The number of aryl methyl sites for hydroxylation is 1. The summed E-state index contributed by atoms with van der Waals surface area (Å²) in [5.74, 6) is 0.0730. The largest absolute Gasteiger partial charge is 0.321 e. The second-order valence-electron chi connectivity index (χ2n) is 8.00. The molecule has 0 spiro atoms. The average Bonchev–Trinajstić information content (AvgIpc) is 3.23. The number of aromatic nitrogens is 5. The Balaban J connectivity index is 1.73. The minimum absolute atomic E-state index is 0.184. The molecule has 28 heavy (non-hydrogen) atoms. The van der Waals surface area contributed by atoms with Crippen molar-refractivity contribution in [2.45, 2.75) is 56.1 Å². The van der Waals surface area contributed by atoms with Crippen LogP contribution in [-0.2, 0) is 12.6 Å². The van der Waals surface area contributed by atoms with Gasteiger partial charge in [0.05, 0.1) is 5.54 Å². The van der Waals surface area contributed by atoms with Gasteiger partial charge in [-0.1, -0.05) is 13.8 Å². The van der Waals surface area contributed by atoms with Crippen LogP contribution in [0.2, 0.25) is 0 Å². The number of hydrogen-bond acceptors (Lipinski definition) is 5. The maximum atomic E-state index is 12.7. The molecule has 2 heterocycles. The maximum Gasteiger partial charge on any atom is 0.276 e. The van der Waals surface area contributed by atoms with Crippen LogP contribution in [0.1, 0.15) is 56.7 Å². The molecule has 0 saturated heterocycles. The molecule has 1 amide bonds. The minimum Gasteiger partial charge on any atom is -0.321 e. The summed E-state index contributed by atoms with van der Waals surface area (Å²) >= 11 is 1.52. The van der Waals surface area contributed by atoms with E-state index in [1.807, 2.05) is 46.6 Å². The molecule has 0 radical (unpaired) electrons. The van der Waals surface area contributed by atoms with Crippen molar-refractivity contribution in [2.24, 2.45) is 7.05 Å². The van der Waals surface area contributed by atoms with Gasteiger partial charge in [0.25, 0.3) is 5.91 Å². The van der Waals surface area contributed by atoms with Gasteiger partial charge in [0.2, 0.25) is 0 Å². The van der Waals surface area contributed by atoms with E-state index in [1.165, 1.54) is 11.8 Å². The van der Waals surface area contributed by atoms with Crippen molar-refractivity contribution in [1.29, 1.82) is 0 Å². The highest BCUT2D eigenvalue weighted by molar-refractivity contribution is 7.99. The van der Waals surface area contributed by atoms with Crippen LogP contribution in [0.15, 0.2) is 46.7 Å². The first-order valence-electron chi connectivity index (χ1n) is 9.19. The summed E-state index contributed by atoms with van der Waals surface area (Å²) in [7, 11) is 1.90. The summed E-state index contributed by atoms with van der Waals surface area (Å²) in [5.41, 5.74) is 2.02. The van der Waals surface area contributed by atoms with Gasteiger partial charge in [-0.25, -0.2) is 0 Å². The molecule has 0 aliphatic rings. The molecule has 3 aromatic rings. The number of nitrogens with zero attached hydrogens (tertiary/aromatic N) is 5. The van der Waals surface area contributed by atoms with Crippen LogP contribution in [-0.4, -0.2) is 30.5 Å². The molecule has 7 nitrogen and oxygen atoms in total. The van der Waals surface area contributed by atoms with Crippen molar-refractivity contribution < 1.29 is 4.79 Å². The molecule has 0 saturated carbocycles. The quantitative estimate of drug-likeness (QED) is 0.693. The Bertz CT molecular complexity index is 965. The Hall–Kier alpha value is -2.61. The Morgan fingerprint density at radius 3 is 2.36 bits per heavy atom. The van der Waals surface area contributed by atoms with E-state index in [4.69, 9.17) is 0 Å². The number of amides is 1. The smallest absolute Gasteiger partial charge is 0.276 e. The van der Waals surface area contributed by atoms with Crippen LogP contribution in [0, 0.1) is 0 Å². The van der Waals surface area contributed by atoms with Gasteiger partial charge in [-0.3, -0.25) is 9.48 Å². The second-order valence-corrected chi connectivity index (χ2v) is 9.04. The Morgan fingerprint density at radius 1 is 1.18 bits per heavy atom. The number of anilines is 1. The molecule has 0 bridgehead atoms. The third-order valence-electron chi connectivity index (χ3n) is 4.19. The van der Waals surface area contributed by atoms with Gasteiger partial charge in [-0.15, -0.1) is 10.2 Å². The fourth-order valence-electron chi connectivity index (χ4n) is 2.73. The summed E-state index contributed by atoms with van der Waals surface area (Å²) < 4.78 is 3.80. The zero-order valence-corrected chi connectivity index (χ0v) is 17.9. The zero-order valence-electron chi connectivity index (χ0n) is 17.1. The molecule has 0 fully saturated rings. The van der Waals surface area contributed by atoms with Gasteiger partial charge < -0.3 is 9.88 Å². The Kier molecular flexibility index (Phi) is 5.60. The van der Waals surface area contributed by atoms with Crippen LogP contribution < -0.4 is 5.32 Å². The van der Waals surface area contributed by atoms with Crippen LogP contribution in [0.5, 0.6) is 0 Å². The van der Waals surface area contributed by atoms with E-state index in [-0.39, 0.29) is 17.4 Å². The lowest BCUT2D eigenvalue weighted by atomic mass is 10.1. The molecule has 1 N–H and O–H groups in total. The van der Waals surface area contributed by atoms with Crippen molar-refractivity contribution >= 4 is 23.4 Å². The van der Waals surface area contributed by atoms with Crippen molar-refractivity contribution in [3.05, 3.63) is 48.0 Å². The molecule has 0 atom stereocenters. The molecular weight excluding hydrogens is 372 g/mol. The van der Waals surface area contributed by atoms with Crippen molar-refractivity contribution in [3.8, 4) is 0 Å². The number of carbonyl (C=O) groups excluding carboxylic acids is 1. The molecule has 2 aromatic heterocycles. The first kappa shape index (κ1) is 20.1. The van der Waals surface area contributed by atoms with E-state index < -0.39 is 0 Å². The van der Waals surface area contributed by atoms with Gasteiger partial charge in [0.1, 0.15) is 6.33 Å². The van der Waals surface area contributed by atoms with Crippen LogP contribution in [0.3, 0.4) is 0 Å². The summed E-state index contributed by atoms with van der Waals surface area (Å²) in [5, 5.41) is 16.2.